The zero-order valence-electron chi connectivity index (χ0n) is 11.2. The van der Waals surface area contributed by atoms with Gasteiger partial charge in [-0.15, -0.1) is 0 Å². The molecule has 2 rings (SSSR count). The Kier molecular flexibility index (Phi) is 4.07. The van der Waals surface area contributed by atoms with Crippen LogP contribution in [0.15, 0.2) is 53.7 Å². The second kappa shape index (κ2) is 5.59. The summed E-state index contributed by atoms with van der Waals surface area (Å²) in [5, 5.41) is 0. The Morgan fingerprint density at radius 2 is 1.53 bits per heavy atom. The number of aromatic nitrogens is 1. The van der Waals surface area contributed by atoms with E-state index in [0.717, 1.165) is 5.69 Å². The lowest BCUT2D eigenvalue weighted by Crippen LogP contribution is -2.30. The maximum absolute atomic E-state index is 12.3. The topological polar surface area (TPSA) is 42.3 Å². The molecular formula is C14H18N2O2S. The molecule has 0 aliphatic heterocycles. The van der Waals surface area contributed by atoms with Gasteiger partial charge in [0, 0.05) is 31.2 Å². The molecule has 0 saturated heterocycles. The molecule has 0 radical (unpaired) electrons. The normalized spacial score (nSPS) is 11.9. The smallest absolute Gasteiger partial charge is 0.243 e. The lowest BCUT2D eigenvalue weighted by molar-refractivity contribution is 0.445. The van der Waals surface area contributed by atoms with Crippen LogP contribution >= 0.6 is 0 Å². The average Bonchev–Trinajstić information content (AvgIpc) is 2.94. The van der Waals surface area contributed by atoms with Gasteiger partial charge in [0.15, 0.2) is 0 Å². The Hall–Kier alpha value is -1.59. The van der Waals surface area contributed by atoms with Gasteiger partial charge in [0.25, 0.3) is 0 Å². The van der Waals surface area contributed by atoms with Crippen molar-refractivity contribution in [2.24, 2.45) is 0 Å². The van der Waals surface area contributed by atoms with Crippen LogP contribution < -0.4 is 0 Å². The molecule has 4 nitrogen and oxygen atoms in total. The van der Waals surface area contributed by atoms with Crippen LogP contribution in [0.5, 0.6) is 0 Å². The predicted molar refractivity (Wildman–Crippen MR) is 75.9 cm³/mol. The van der Waals surface area contributed by atoms with Crippen LogP contribution in [-0.4, -0.2) is 30.4 Å². The standard InChI is InChI=1S/C14H18N2O2S/c1-3-16(4-2)19(17,18)14-9-7-13(8-10-14)15-11-5-6-12-15/h5-12H,3-4H2,1-2H3. The Labute approximate surface area is 114 Å². The molecule has 0 saturated carbocycles. The summed E-state index contributed by atoms with van der Waals surface area (Å²) in [5.74, 6) is 0. The van der Waals surface area contributed by atoms with E-state index in [1.165, 1.54) is 4.31 Å². The number of hydrogen-bond donors (Lipinski definition) is 0. The number of benzene rings is 1. The average molecular weight is 278 g/mol. The second-order valence-corrected chi connectivity index (χ2v) is 6.11. The number of nitrogens with zero attached hydrogens (tertiary/aromatic N) is 2. The minimum atomic E-state index is -3.36. The van der Waals surface area contributed by atoms with Gasteiger partial charge in [0.1, 0.15) is 0 Å². The van der Waals surface area contributed by atoms with Crippen LogP contribution in [0.2, 0.25) is 0 Å². The first-order valence-corrected chi connectivity index (χ1v) is 7.77. The zero-order valence-corrected chi connectivity index (χ0v) is 12.0. The Morgan fingerprint density at radius 1 is 1.00 bits per heavy atom. The lowest BCUT2D eigenvalue weighted by Gasteiger charge is -2.18. The lowest BCUT2D eigenvalue weighted by atomic mass is 10.3. The quantitative estimate of drug-likeness (QED) is 0.843. The van der Waals surface area contributed by atoms with Gasteiger partial charge in [-0.25, -0.2) is 8.42 Å². The van der Waals surface area contributed by atoms with Gasteiger partial charge >= 0.3 is 0 Å². The molecule has 5 heteroatoms. The van der Waals surface area contributed by atoms with Crippen molar-refractivity contribution in [3.8, 4) is 5.69 Å². The van der Waals surface area contributed by atoms with Crippen molar-refractivity contribution in [3.05, 3.63) is 48.8 Å². The number of rotatable bonds is 5. The fraction of sp³-hybridized carbons (Fsp3) is 0.286. The Bertz CT molecular complexity index is 612. The van der Waals surface area contributed by atoms with E-state index in [1.54, 1.807) is 12.1 Å². The molecular weight excluding hydrogens is 260 g/mol. The van der Waals surface area contributed by atoms with Gasteiger partial charge in [-0.3, -0.25) is 0 Å². The fourth-order valence-corrected chi connectivity index (χ4v) is 3.47. The van der Waals surface area contributed by atoms with E-state index in [1.807, 2.05) is 55.1 Å². The van der Waals surface area contributed by atoms with Crippen LogP contribution in [0.4, 0.5) is 0 Å². The van der Waals surface area contributed by atoms with Crippen molar-refractivity contribution < 1.29 is 8.42 Å². The molecule has 19 heavy (non-hydrogen) atoms. The second-order valence-electron chi connectivity index (χ2n) is 4.17. The fourth-order valence-electron chi connectivity index (χ4n) is 2.01. The van der Waals surface area contributed by atoms with Crippen molar-refractivity contribution in [1.29, 1.82) is 0 Å². The summed E-state index contributed by atoms with van der Waals surface area (Å²) in [6.45, 7) is 4.65. The summed E-state index contributed by atoms with van der Waals surface area (Å²) in [6.07, 6.45) is 3.85. The highest BCUT2D eigenvalue weighted by Crippen LogP contribution is 2.17. The molecule has 1 aromatic heterocycles. The third kappa shape index (κ3) is 2.72. The molecule has 1 aromatic carbocycles. The minimum Gasteiger partial charge on any atom is -0.324 e. The number of hydrogen-bond acceptors (Lipinski definition) is 2. The van der Waals surface area contributed by atoms with E-state index in [4.69, 9.17) is 0 Å². The van der Waals surface area contributed by atoms with Crippen molar-refractivity contribution >= 4 is 10.0 Å². The molecule has 0 atom stereocenters. The largest absolute Gasteiger partial charge is 0.324 e. The van der Waals surface area contributed by atoms with E-state index in [2.05, 4.69) is 0 Å². The van der Waals surface area contributed by atoms with Crippen LogP contribution in [-0.2, 0) is 10.0 Å². The van der Waals surface area contributed by atoms with Gasteiger partial charge in [0.05, 0.1) is 4.90 Å². The SMILES string of the molecule is CCN(CC)S(=O)(=O)c1ccc(-n2cccc2)cc1. The van der Waals surface area contributed by atoms with Crippen LogP contribution in [0, 0.1) is 0 Å². The summed E-state index contributed by atoms with van der Waals surface area (Å²) in [7, 11) is -3.36. The van der Waals surface area contributed by atoms with Gasteiger partial charge in [0.2, 0.25) is 10.0 Å². The molecule has 0 fully saturated rings. The van der Waals surface area contributed by atoms with E-state index < -0.39 is 10.0 Å². The Balaban J connectivity index is 2.33. The zero-order chi connectivity index (χ0) is 13.9. The van der Waals surface area contributed by atoms with Crippen LogP contribution in [0.1, 0.15) is 13.8 Å². The van der Waals surface area contributed by atoms with Gasteiger partial charge < -0.3 is 4.57 Å². The van der Waals surface area contributed by atoms with Crippen molar-refractivity contribution in [2.45, 2.75) is 18.7 Å². The molecule has 0 unspecified atom stereocenters. The monoisotopic (exact) mass is 278 g/mol. The molecule has 0 N–H and O–H groups in total. The van der Waals surface area contributed by atoms with Crippen molar-refractivity contribution in [1.82, 2.24) is 8.87 Å². The van der Waals surface area contributed by atoms with E-state index in [-0.39, 0.29) is 0 Å². The number of sulfonamides is 1. The van der Waals surface area contributed by atoms with E-state index in [0.29, 0.717) is 18.0 Å². The van der Waals surface area contributed by atoms with E-state index >= 15 is 0 Å². The molecule has 0 bridgehead atoms. The van der Waals surface area contributed by atoms with Crippen LogP contribution in [0.25, 0.3) is 5.69 Å². The summed E-state index contributed by atoms with van der Waals surface area (Å²) >= 11 is 0. The Morgan fingerprint density at radius 3 is 2.00 bits per heavy atom. The molecule has 0 aliphatic rings. The predicted octanol–water partition coefficient (Wildman–Crippen LogP) is 2.51. The minimum absolute atomic E-state index is 0.340. The third-order valence-electron chi connectivity index (χ3n) is 3.08. The first-order chi connectivity index (χ1) is 9.09. The summed E-state index contributed by atoms with van der Waals surface area (Å²) in [5.41, 5.74) is 0.948. The molecule has 2 aromatic rings. The highest BCUT2D eigenvalue weighted by atomic mass is 32.2. The third-order valence-corrected chi connectivity index (χ3v) is 5.15. The first kappa shape index (κ1) is 13.8. The maximum atomic E-state index is 12.3. The molecule has 0 spiro atoms. The highest BCUT2D eigenvalue weighted by Gasteiger charge is 2.21. The van der Waals surface area contributed by atoms with Gasteiger partial charge in [-0.1, -0.05) is 13.8 Å². The summed E-state index contributed by atoms with van der Waals surface area (Å²) in [6, 6.07) is 10.8. The van der Waals surface area contributed by atoms with Gasteiger partial charge in [-0.05, 0) is 36.4 Å². The molecule has 0 amide bonds. The highest BCUT2D eigenvalue weighted by molar-refractivity contribution is 7.89. The summed E-state index contributed by atoms with van der Waals surface area (Å²) < 4.78 is 28.0. The van der Waals surface area contributed by atoms with Gasteiger partial charge in [-0.2, -0.15) is 4.31 Å². The summed E-state index contributed by atoms with van der Waals surface area (Å²) in [4.78, 5) is 0.340. The molecule has 0 aliphatic carbocycles. The van der Waals surface area contributed by atoms with Crippen molar-refractivity contribution in [2.75, 3.05) is 13.1 Å². The van der Waals surface area contributed by atoms with Crippen molar-refractivity contribution in [3.63, 3.8) is 0 Å². The van der Waals surface area contributed by atoms with E-state index in [9.17, 15) is 8.42 Å². The maximum Gasteiger partial charge on any atom is 0.243 e. The van der Waals surface area contributed by atoms with Crippen LogP contribution in [0.3, 0.4) is 0 Å². The molecule has 1 heterocycles. The first-order valence-electron chi connectivity index (χ1n) is 6.33. The molecule has 102 valence electrons.